The van der Waals surface area contributed by atoms with Crippen LogP contribution in [0.4, 0.5) is 0 Å². The van der Waals surface area contributed by atoms with Crippen LogP contribution in [0.3, 0.4) is 0 Å². The van der Waals surface area contributed by atoms with Gasteiger partial charge in [0.15, 0.2) is 0 Å². The Morgan fingerprint density at radius 2 is 2.46 bits per heavy atom. The monoisotopic (exact) mass is 181 g/mol. The summed E-state index contributed by atoms with van der Waals surface area (Å²) >= 11 is 0. The number of ether oxygens (including phenoxy) is 1. The lowest BCUT2D eigenvalue weighted by molar-refractivity contribution is -0.124. The number of hydrogen-bond donors (Lipinski definition) is 1. The van der Waals surface area contributed by atoms with Gasteiger partial charge < -0.3 is 10.1 Å². The van der Waals surface area contributed by atoms with E-state index in [4.69, 9.17) is 4.74 Å². The van der Waals surface area contributed by atoms with Gasteiger partial charge in [0, 0.05) is 7.05 Å². The molecular weight excluding hydrogens is 166 g/mol. The molecule has 0 saturated carbocycles. The smallest absolute Gasteiger partial charge is 0.245 e. The first-order chi connectivity index (χ1) is 6.33. The zero-order valence-corrected chi connectivity index (χ0v) is 7.88. The number of nitrogens with one attached hydrogen (secondary N) is 1. The second-order valence-electron chi connectivity index (χ2n) is 2.92. The Bertz CT molecular complexity index is 231. The van der Waals surface area contributed by atoms with Crippen LogP contribution in [0.25, 0.3) is 0 Å². The molecule has 1 aliphatic carbocycles. The Labute approximate surface area is 78.5 Å². The summed E-state index contributed by atoms with van der Waals surface area (Å²) in [5, 5.41) is 2.50. The quantitative estimate of drug-likeness (QED) is 0.703. The molecule has 1 N–H and O–H groups in total. The number of carbonyl (C=O) groups is 1. The second kappa shape index (κ2) is 5.54. The van der Waals surface area contributed by atoms with Crippen LogP contribution in [0.5, 0.6) is 0 Å². The van der Waals surface area contributed by atoms with E-state index in [1.165, 1.54) is 0 Å². The highest BCUT2D eigenvalue weighted by Crippen LogP contribution is 2.09. The summed E-state index contributed by atoms with van der Waals surface area (Å²) in [6.45, 7) is 0.672. The van der Waals surface area contributed by atoms with Crippen molar-refractivity contribution in [3.05, 3.63) is 23.8 Å². The predicted octanol–water partition coefficient (Wildman–Crippen LogP) is 1.03. The van der Waals surface area contributed by atoms with Gasteiger partial charge in [0.2, 0.25) is 5.91 Å². The molecular formula is C10H15NO2. The summed E-state index contributed by atoms with van der Waals surface area (Å²) in [6, 6.07) is 0. The van der Waals surface area contributed by atoms with Gasteiger partial charge in [0.05, 0.1) is 6.61 Å². The van der Waals surface area contributed by atoms with E-state index in [1.54, 1.807) is 7.05 Å². The fourth-order valence-corrected chi connectivity index (χ4v) is 1.11. The van der Waals surface area contributed by atoms with E-state index in [0.29, 0.717) is 6.61 Å². The van der Waals surface area contributed by atoms with Crippen molar-refractivity contribution in [2.24, 2.45) is 0 Å². The molecule has 0 spiro atoms. The summed E-state index contributed by atoms with van der Waals surface area (Å²) in [7, 11) is 1.60. The molecule has 0 aromatic heterocycles. The summed E-state index contributed by atoms with van der Waals surface area (Å²) in [5.41, 5.74) is 1.16. The Hall–Kier alpha value is -1.09. The molecule has 13 heavy (non-hydrogen) atoms. The van der Waals surface area contributed by atoms with Crippen LogP contribution in [0, 0.1) is 0 Å². The highest BCUT2D eigenvalue weighted by molar-refractivity contribution is 5.76. The van der Waals surface area contributed by atoms with E-state index >= 15 is 0 Å². The molecule has 3 nitrogen and oxygen atoms in total. The van der Waals surface area contributed by atoms with Crippen molar-refractivity contribution in [2.75, 3.05) is 20.3 Å². The maximum Gasteiger partial charge on any atom is 0.245 e. The van der Waals surface area contributed by atoms with Gasteiger partial charge in [-0.15, -0.1) is 0 Å². The third-order valence-corrected chi connectivity index (χ3v) is 1.85. The molecule has 0 saturated heterocycles. The van der Waals surface area contributed by atoms with E-state index in [-0.39, 0.29) is 12.5 Å². The average Bonchev–Trinajstić information content (AvgIpc) is 2.19. The van der Waals surface area contributed by atoms with Crippen LogP contribution in [0.2, 0.25) is 0 Å². The van der Waals surface area contributed by atoms with Crippen molar-refractivity contribution >= 4 is 5.91 Å². The van der Waals surface area contributed by atoms with Crippen molar-refractivity contribution < 1.29 is 9.53 Å². The van der Waals surface area contributed by atoms with Gasteiger partial charge in [-0.1, -0.05) is 18.2 Å². The fourth-order valence-electron chi connectivity index (χ4n) is 1.11. The molecule has 0 aliphatic heterocycles. The molecule has 1 rings (SSSR count). The summed E-state index contributed by atoms with van der Waals surface area (Å²) < 4.78 is 5.19. The molecule has 1 aliphatic rings. The molecule has 0 fully saturated rings. The van der Waals surface area contributed by atoms with E-state index < -0.39 is 0 Å². The fraction of sp³-hybridized carbons (Fsp3) is 0.500. The van der Waals surface area contributed by atoms with Gasteiger partial charge in [-0.3, -0.25) is 4.79 Å². The van der Waals surface area contributed by atoms with Crippen molar-refractivity contribution in [3.63, 3.8) is 0 Å². The first-order valence-electron chi connectivity index (χ1n) is 4.47. The minimum Gasteiger partial charge on any atom is -0.367 e. The lowest BCUT2D eigenvalue weighted by Gasteiger charge is -2.07. The number of carbonyl (C=O) groups excluding carboxylic acids is 1. The van der Waals surface area contributed by atoms with Gasteiger partial charge in [-0.05, 0) is 18.4 Å². The van der Waals surface area contributed by atoms with E-state index in [1.807, 2.05) is 6.08 Å². The van der Waals surface area contributed by atoms with Crippen molar-refractivity contribution in [3.8, 4) is 0 Å². The van der Waals surface area contributed by atoms with Gasteiger partial charge in [0.1, 0.15) is 6.61 Å². The minimum absolute atomic E-state index is 0.0830. The third-order valence-electron chi connectivity index (χ3n) is 1.85. The Kier molecular flexibility index (Phi) is 4.26. The molecule has 0 atom stereocenters. The van der Waals surface area contributed by atoms with Crippen LogP contribution in [-0.2, 0) is 9.53 Å². The molecule has 0 heterocycles. The van der Waals surface area contributed by atoms with Crippen LogP contribution in [0.15, 0.2) is 23.8 Å². The highest BCUT2D eigenvalue weighted by atomic mass is 16.5. The SMILES string of the molecule is CNC(=O)COCC1=CCCC=C1. The van der Waals surface area contributed by atoms with Gasteiger partial charge in [-0.2, -0.15) is 0 Å². The normalized spacial score (nSPS) is 15.3. The number of allylic oxidation sites excluding steroid dienone is 2. The molecule has 0 unspecified atom stereocenters. The summed E-state index contributed by atoms with van der Waals surface area (Å²) in [6.07, 6.45) is 8.50. The average molecular weight is 181 g/mol. The highest BCUT2D eigenvalue weighted by Gasteiger charge is 2.00. The molecule has 3 heteroatoms. The first-order valence-corrected chi connectivity index (χ1v) is 4.47. The van der Waals surface area contributed by atoms with Gasteiger partial charge >= 0.3 is 0 Å². The van der Waals surface area contributed by atoms with Crippen LogP contribution >= 0.6 is 0 Å². The zero-order valence-electron chi connectivity index (χ0n) is 7.88. The molecule has 0 bridgehead atoms. The number of rotatable bonds is 4. The largest absolute Gasteiger partial charge is 0.367 e. The molecule has 0 aromatic carbocycles. The van der Waals surface area contributed by atoms with Crippen molar-refractivity contribution in [1.29, 1.82) is 0 Å². The standard InChI is InChI=1S/C10H15NO2/c1-11-10(12)8-13-7-9-5-3-2-4-6-9/h3,5-6H,2,4,7-8H2,1H3,(H,11,12). The third kappa shape index (κ3) is 3.90. The first kappa shape index (κ1) is 9.99. The maximum atomic E-state index is 10.8. The summed E-state index contributed by atoms with van der Waals surface area (Å²) in [5.74, 6) is -0.0830. The molecule has 0 radical (unpaired) electrons. The van der Waals surface area contributed by atoms with Crippen LogP contribution in [0.1, 0.15) is 12.8 Å². The molecule has 0 aromatic rings. The van der Waals surface area contributed by atoms with Crippen LogP contribution in [-0.4, -0.2) is 26.2 Å². The number of likely N-dealkylation sites (N-methyl/N-ethyl adjacent to an activating group) is 1. The predicted molar refractivity (Wildman–Crippen MR) is 51.3 cm³/mol. The lowest BCUT2D eigenvalue weighted by atomic mass is 10.1. The summed E-state index contributed by atoms with van der Waals surface area (Å²) in [4.78, 5) is 10.8. The van der Waals surface area contributed by atoms with Gasteiger partial charge in [0.25, 0.3) is 0 Å². The minimum atomic E-state index is -0.0830. The van der Waals surface area contributed by atoms with E-state index in [0.717, 1.165) is 18.4 Å². The second-order valence-corrected chi connectivity index (χ2v) is 2.92. The van der Waals surface area contributed by atoms with Crippen molar-refractivity contribution in [1.82, 2.24) is 5.32 Å². The Morgan fingerprint density at radius 3 is 3.08 bits per heavy atom. The number of amides is 1. The molecule has 1 amide bonds. The van der Waals surface area contributed by atoms with E-state index in [2.05, 4.69) is 17.5 Å². The maximum absolute atomic E-state index is 10.8. The molecule has 72 valence electrons. The van der Waals surface area contributed by atoms with Crippen molar-refractivity contribution in [2.45, 2.75) is 12.8 Å². The number of hydrogen-bond acceptors (Lipinski definition) is 2. The van der Waals surface area contributed by atoms with Gasteiger partial charge in [-0.25, -0.2) is 0 Å². The Morgan fingerprint density at radius 1 is 1.62 bits per heavy atom. The lowest BCUT2D eigenvalue weighted by Crippen LogP contribution is -2.23. The van der Waals surface area contributed by atoms with Crippen LogP contribution < -0.4 is 5.32 Å². The topological polar surface area (TPSA) is 38.3 Å². The Balaban J connectivity index is 2.15. The zero-order chi connectivity index (χ0) is 9.52. The van der Waals surface area contributed by atoms with E-state index in [9.17, 15) is 4.79 Å².